The summed E-state index contributed by atoms with van der Waals surface area (Å²) in [6.45, 7) is 3.79. The summed E-state index contributed by atoms with van der Waals surface area (Å²) in [4.78, 5) is 17.8. The Kier molecular flexibility index (Phi) is 4.24. The van der Waals surface area contributed by atoms with Crippen LogP contribution in [0.2, 0.25) is 0 Å². The Labute approximate surface area is 154 Å². The van der Waals surface area contributed by atoms with Crippen molar-refractivity contribution in [2.75, 3.05) is 29.9 Å². The van der Waals surface area contributed by atoms with Gasteiger partial charge in [-0.1, -0.05) is 0 Å². The summed E-state index contributed by atoms with van der Waals surface area (Å²) in [6.07, 6.45) is 9.32. The topological polar surface area (TPSA) is 75.3 Å². The Balaban J connectivity index is 1.48. The first-order chi connectivity index (χ1) is 12.1. The predicted octanol–water partition coefficient (Wildman–Crippen LogP) is 2.09. The van der Waals surface area contributed by atoms with Gasteiger partial charge in [0.1, 0.15) is 5.82 Å². The molecule has 0 bridgehead atoms. The number of rotatable bonds is 3. The van der Waals surface area contributed by atoms with Gasteiger partial charge in [-0.15, -0.1) is 10.2 Å². The molecule has 3 aromatic rings. The number of piperidine rings is 1. The molecule has 0 N–H and O–H groups in total. The van der Waals surface area contributed by atoms with Gasteiger partial charge in [-0.25, -0.2) is 15.0 Å². The number of nitrogens with zero attached hydrogens (tertiary/aromatic N) is 8. The lowest BCUT2D eigenvalue weighted by molar-refractivity contribution is 0.475. The van der Waals surface area contributed by atoms with Crippen LogP contribution in [-0.4, -0.2) is 55.7 Å². The van der Waals surface area contributed by atoms with Crippen molar-refractivity contribution in [2.45, 2.75) is 25.8 Å². The van der Waals surface area contributed by atoms with Crippen molar-refractivity contribution >= 4 is 33.3 Å². The maximum absolute atomic E-state index is 4.54. The molecule has 0 amide bonds. The second-order valence-corrected chi connectivity index (χ2v) is 7.14. The van der Waals surface area contributed by atoms with E-state index in [0.29, 0.717) is 6.04 Å². The first-order valence-electron chi connectivity index (χ1n) is 8.25. The Morgan fingerprint density at radius 3 is 2.56 bits per heavy atom. The smallest absolute Gasteiger partial charge is 0.225 e. The molecule has 4 heterocycles. The van der Waals surface area contributed by atoms with Gasteiger partial charge >= 0.3 is 0 Å². The minimum absolute atomic E-state index is 0.414. The van der Waals surface area contributed by atoms with E-state index in [2.05, 4.69) is 57.9 Å². The molecule has 0 saturated carbocycles. The number of halogens is 1. The summed E-state index contributed by atoms with van der Waals surface area (Å²) < 4.78 is 2.87. The van der Waals surface area contributed by atoms with Crippen molar-refractivity contribution in [3.63, 3.8) is 0 Å². The van der Waals surface area contributed by atoms with Gasteiger partial charge in [0, 0.05) is 51.0 Å². The van der Waals surface area contributed by atoms with Gasteiger partial charge in [-0.05, 0) is 35.7 Å². The highest BCUT2D eigenvalue weighted by atomic mass is 79.9. The first kappa shape index (κ1) is 16.2. The van der Waals surface area contributed by atoms with Gasteiger partial charge in [0.2, 0.25) is 11.6 Å². The summed E-state index contributed by atoms with van der Waals surface area (Å²) >= 11 is 3.38. The van der Waals surface area contributed by atoms with Gasteiger partial charge in [-0.3, -0.25) is 4.40 Å². The second-order valence-electron chi connectivity index (χ2n) is 6.22. The summed E-state index contributed by atoms with van der Waals surface area (Å²) in [5.41, 5.74) is 0.822. The highest BCUT2D eigenvalue weighted by Crippen LogP contribution is 2.25. The Morgan fingerprint density at radius 1 is 1.12 bits per heavy atom. The van der Waals surface area contributed by atoms with Crippen LogP contribution in [0, 0.1) is 6.92 Å². The molecule has 1 fully saturated rings. The Bertz CT molecular complexity index is 869. The fraction of sp³-hybridized carbons (Fsp3) is 0.438. The molecule has 1 saturated heterocycles. The van der Waals surface area contributed by atoms with E-state index in [0.717, 1.165) is 53.6 Å². The number of hydrogen-bond acceptors (Lipinski definition) is 7. The van der Waals surface area contributed by atoms with Gasteiger partial charge in [0.15, 0.2) is 5.82 Å². The third-order valence-corrected chi connectivity index (χ3v) is 5.12. The molecule has 1 aliphatic rings. The van der Waals surface area contributed by atoms with Gasteiger partial charge in [0.25, 0.3) is 0 Å². The summed E-state index contributed by atoms with van der Waals surface area (Å²) in [5, 5.41) is 8.44. The van der Waals surface area contributed by atoms with Crippen molar-refractivity contribution in [1.82, 2.24) is 29.5 Å². The number of aromatic nitrogens is 6. The van der Waals surface area contributed by atoms with E-state index in [-0.39, 0.29) is 0 Å². The van der Waals surface area contributed by atoms with Crippen LogP contribution in [0.3, 0.4) is 0 Å². The zero-order chi connectivity index (χ0) is 17.4. The van der Waals surface area contributed by atoms with Gasteiger partial charge in [-0.2, -0.15) is 0 Å². The molecule has 130 valence electrons. The van der Waals surface area contributed by atoms with Crippen LogP contribution in [0.4, 0.5) is 11.8 Å². The largest absolute Gasteiger partial charge is 0.353 e. The fourth-order valence-electron chi connectivity index (χ4n) is 3.27. The fourth-order valence-corrected chi connectivity index (χ4v) is 3.47. The summed E-state index contributed by atoms with van der Waals surface area (Å²) in [7, 11) is 2.06. The van der Waals surface area contributed by atoms with Crippen LogP contribution < -0.4 is 9.80 Å². The molecule has 0 aliphatic carbocycles. The van der Waals surface area contributed by atoms with Crippen molar-refractivity contribution in [3.05, 3.63) is 35.1 Å². The maximum Gasteiger partial charge on any atom is 0.225 e. The van der Waals surface area contributed by atoms with Crippen molar-refractivity contribution in [2.24, 2.45) is 0 Å². The third kappa shape index (κ3) is 3.04. The Morgan fingerprint density at radius 2 is 1.84 bits per heavy atom. The summed E-state index contributed by atoms with van der Waals surface area (Å²) in [6, 6.07) is 0.414. The monoisotopic (exact) mass is 402 g/mol. The highest BCUT2D eigenvalue weighted by Gasteiger charge is 2.26. The zero-order valence-corrected chi connectivity index (χ0v) is 15.8. The van der Waals surface area contributed by atoms with E-state index in [4.69, 9.17) is 0 Å². The SMILES string of the molecule is Cc1nnc2c(N3CCC(N(C)c4ncc(Br)cn4)CC3)nccn12. The average Bonchev–Trinajstić information content (AvgIpc) is 3.03. The van der Waals surface area contributed by atoms with E-state index < -0.39 is 0 Å². The lowest BCUT2D eigenvalue weighted by Crippen LogP contribution is -2.44. The van der Waals surface area contributed by atoms with Crippen molar-refractivity contribution < 1.29 is 0 Å². The molecule has 0 aromatic carbocycles. The Hall–Kier alpha value is -2.29. The molecular formula is C16H19BrN8. The van der Waals surface area contributed by atoms with E-state index >= 15 is 0 Å². The molecule has 4 rings (SSSR count). The number of anilines is 2. The predicted molar refractivity (Wildman–Crippen MR) is 98.9 cm³/mol. The molecule has 25 heavy (non-hydrogen) atoms. The molecular weight excluding hydrogens is 384 g/mol. The quantitative estimate of drug-likeness (QED) is 0.663. The second kappa shape index (κ2) is 6.55. The minimum atomic E-state index is 0.414. The molecule has 1 aliphatic heterocycles. The molecule has 0 unspecified atom stereocenters. The number of aryl methyl sites for hydroxylation is 1. The normalized spacial score (nSPS) is 15.7. The third-order valence-electron chi connectivity index (χ3n) is 4.71. The molecule has 3 aromatic heterocycles. The van der Waals surface area contributed by atoms with Crippen LogP contribution in [-0.2, 0) is 0 Å². The van der Waals surface area contributed by atoms with Crippen LogP contribution in [0.15, 0.2) is 29.3 Å². The van der Waals surface area contributed by atoms with E-state index in [9.17, 15) is 0 Å². The lowest BCUT2D eigenvalue weighted by atomic mass is 10.0. The van der Waals surface area contributed by atoms with Crippen LogP contribution in [0.1, 0.15) is 18.7 Å². The van der Waals surface area contributed by atoms with E-state index in [1.807, 2.05) is 23.7 Å². The van der Waals surface area contributed by atoms with Crippen LogP contribution in [0.25, 0.3) is 5.65 Å². The number of hydrogen-bond donors (Lipinski definition) is 0. The van der Waals surface area contributed by atoms with Gasteiger partial charge < -0.3 is 9.80 Å². The highest BCUT2D eigenvalue weighted by molar-refractivity contribution is 9.10. The minimum Gasteiger partial charge on any atom is -0.353 e. The average molecular weight is 403 g/mol. The molecule has 8 nitrogen and oxygen atoms in total. The molecule has 0 spiro atoms. The zero-order valence-electron chi connectivity index (χ0n) is 14.2. The lowest BCUT2D eigenvalue weighted by Gasteiger charge is -2.37. The molecule has 0 atom stereocenters. The van der Waals surface area contributed by atoms with E-state index in [1.54, 1.807) is 12.4 Å². The molecule has 0 radical (unpaired) electrons. The maximum atomic E-state index is 4.54. The first-order valence-corrected chi connectivity index (χ1v) is 9.04. The summed E-state index contributed by atoms with van der Waals surface area (Å²) in [5.74, 6) is 2.54. The van der Waals surface area contributed by atoms with Crippen LogP contribution in [0.5, 0.6) is 0 Å². The number of fused-ring (bicyclic) bond motifs is 1. The van der Waals surface area contributed by atoms with Crippen molar-refractivity contribution in [1.29, 1.82) is 0 Å². The van der Waals surface area contributed by atoms with Gasteiger partial charge in [0.05, 0.1) is 4.47 Å². The standard InChI is InChI=1S/C16H19BrN8/c1-11-21-22-15-14(18-5-8-25(11)15)24-6-3-13(4-7-24)23(2)16-19-9-12(17)10-20-16/h5,8-10,13H,3-4,6-7H2,1-2H3. The van der Waals surface area contributed by atoms with Crippen LogP contribution >= 0.6 is 15.9 Å². The van der Waals surface area contributed by atoms with E-state index in [1.165, 1.54) is 0 Å². The molecule has 9 heteroatoms. The van der Waals surface area contributed by atoms with Crippen molar-refractivity contribution in [3.8, 4) is 0 Å².